The zero-order chi connectivity index (χ0) is 13.5. The summed E-state index contributed by atoms with van der Waals surface area (Å²) in [5.41, 5.74) is 0.329. The first-order chi connectivity index (χ1) is 7.68. The Kier molecular flexibility index (Phi) is 6.53. The van der Waals surface area contributed by atoms with E-state index in [-0.39, 0.29) is 0 Å². The van der Waals surface area contributed by atoms with Gasteiger partial charge >= 0.3 is 6.16 Å². The van der Waals surface area contributed by atoms with Gasteiger partial charge in [0.05, 0.1) is 6.61 Å². The third-order valence-electron chi connectivity index (χ3n) is 2.71. The standard InChI is InChI=1S/C13H26O4/c1-6-8-12(2,3)9-7-10-16-13(4,5)17-11(14)15/h6-10H2,1-5H3,(H,14,15). The molecule has 0 aliphatic carbocycles. The van der Waals surface area contributed by atoms with E-state index < -0.39 is 11.9 Å². The van der Waals surface area contributed by atoms with Gasteiger partial charge in [0.15, 0.2) is 0 Å². The molecule has 17 heavy (non-hydrogen) atoms. The predicted octanol–water partition coefficient (Wildman–Crippen LogP) is 4.04. The summed E-state index contributed by atoms with van der Waals surface area (Å²) in [7, 11) is 0. The van der Waals surface area contributed by atoms with E-state index in [1.165, 1.54) is 12.8 Å². The molecule has 0 fully saturated rings. The molecule has 1 N–H and O–H groups in total. The van der Waals surface area contributed by atoms with Crippen molar-refractivity contribution < 1.29 is 19.4 Å². The Morgan fingerprint density at radius 1 is 1.18 bits per heavy atom. The second-order valence-corrected chi connectivity index (χ2v) is 5.63. The van der Waals surface area contributed by atoms with Crippen molar-refractivity contribution in [3.63, 3.8) is 0 Å². The van der Waals surface area contributed by atoms with Gasteiger partial charge in [-0.2, -0.15) is 0 Å². The summed E-state index contributed by atoms with van der Waals surface area (Å²) in [6.45, 7) is 10.4. The Labute approximate surface area is 104 Å². The lowest BCUT2D eigenvalue weighted by Gasteiger charge is -2.26. The van der Waals surface area contributed by atoms with Gasteiger partial charge in [-0.25, -0.2) is 4.79 Å². The smallest absolute Gasteiger partial charge is 0.450 e. The average Bonchev–Trinajstić information content (AvgIpc) is 2.10. The monoisotopic (exact) mass is 246 g/mol. The van der Waals surface area contributed by atoms with Crippen molar-refractivity contribution in [3.8, 4) is 0 Å². The highest BCUT2D eigenvalue weighted by atomic mass is 16.8. The maximum Gasteiger partial charge on any atom is 0.508 e. The predicted molar refractivity (Wildman–Crippen MR) is 67.1 cm³/mol. The van der Waals surface area contributed by atoms with Crippen LogP contribution in [-0.2, 0) is 9.47 Å². The van der Waals surface area contributed by atoms with Crippen LogP contribution >= 0.6 is 0 Å². The molecule has 0 aliphatic heterocycles. The molecular formula is C13H26O4. The minimum Gasteiger partial charge on any atom is -0.450 e. The van der Waals surface area contributed by atoms with Crippen LogP contribution in [0.1, 0.15) is 60.3 Å². The van der Waals surface area contributed by atoms with Crippen LogP contribution in [-0.4, -0.2) is 23.7 Å². The van der Waals surface area contributed by atoms with Crippen LogP contribution in [0.5, 0.6) is 0 Å². The fourth-order valence-electron chi connectivity index (χ4n) is 1.91. The van der Waals surface area contributed by atoms with E-state index in [1.807, 2.05) is 0 Å². The van der Waals surface area contributed by atoms with Gasteiger partial charge in [0.2, 0.25) is 5.79 Å². The van der Waals surface area contributed by atoms with Crippen LogP contribution in [0.25, 0.3) is 0 Å². The van der Waals surface area contributed by atoms with Crippen LogP contribution in [0.15, 0.2) is 0 Å². The molecular weight excluding hydrogens is 220 g/mol. The van der Waals surface area contributed by atoms with Crippen molar-refractivity contribution in [1.29, 1.82) is 0 Å². The van der Waals surface area contributed by atoms with Crippen molar-refractivity contribution in [3.05, 3.63) is 0 Å². The molecule has 0 saturated carbocycles. The summed E-state index contributed by atoms with van der Waals surface area (Å²) in [6, 6.07) is 0. The summed E-state index contributed by atoms with van der Waals surface area (Å²) in [5, 5.41) is 8.50. The van der Waals surface area contributed by atoms with Crippen LogP contribution in [0, 0.1) is 5.41 Å². The van der Waals surface area contributed by atoms with E-state index >= 15 is 0 Å². The lowest BCUT2D eigenvalue weighted by Crippen LogP contribution is -2.31. The van der Waals surface area contributed by atoms with Gasteiger partial charge in [-0.05, 0) is 24.7 Å². The van der Waals surface area contributed by atoms with Gasteiger partial charge in [0, 0.05) is 13.8 Å². The van der Waals surface area contributed by atoms with Gasteiger partial charge in [-0.3, -0.25) is 0 Å². The summed E-state index contributed by atoms with van der Waals surface area (Å²) < 4.78 is 10.0. The lowest BCUT2D eigenvalue weighted by molar-refractivity contribution is -0.186. The molecule has 0 saturated heterocycles. The highest BCUT2D eigenvalue weighted by molar-refractivity contribution is 5.57. The summed E-state index contributed by atoms with van der Waals surface area (Å²) in [6.07, 6.45) is 3.06. The molecule has 0 rings (SSSR count). The molecule has 0 spiro atoms. The summed E-state index contributed by atoms with van der Waals surface area (Å²) >= 11 is 0. The number of carboxylic acid groups (broad SMARTS) is 1. The maximum absolute atomic E-state index is 10.4. The SMILES string of the molecule is CCCC(C)(C)CCCOC(C)(C)OC(=O)O. The van der Waals surface area contributed by atoms with E-state index in [0.717, 1.165) is 12.8 Å². The third kappa shape index (κ3) is 8.98. The lowest BCUT2D eigenvalue weighted by atomic mass is 9.83. The first kappa shape index (κ1) is 16.2. The molecule has 0 heterocycles. The fourth-order valence-corrected chi connectivity index (χ4v) is 1.91. The van der Waals surface area contributed by atoms with Gasteiger partial charge in [-0.15, -0.1) is 0 Å². The molecule has 0 bridgehead atoms. The van der Waals surface area contributed by atoms with Crippen LogP contribution < -0.4 is 0 Å². The largest absolute Gasteiger partial charge is 0.508 e. The zero-order valence-corrected chi connectivity index (χ0v) is 11.7. The van der Waals surface area contributed by atoms with E-state index in [9.17, 15) is 4.79 Å². The molecule has 4 heteroatoms. The Hall–Kier alpha value is -0.770. The topological polar surface area (TPSA) is 55.8 Å². The van der Waals surface area contributed by atoms with Crippen LogP contribution in [0.3, 0.4) is 0 Å². The highest BCUT2D eigenvalue weighted by Gasteiger charge is 2.23. The maximum atomic E-state index is 10.4. The number of hydrogen-bond donors (Lipinski definition) is 1. The molecule has 4 nitrogen and oxygen atoms in total. The second-order valence-electron chi connectivity index (χ2n) is 5.63. The number of ether oxygens (including phenoxy) is 2. The molecule has 0 atom stereocenters. The quantitative estimate of drug-likeness (QED) is 0.399. The number of carbonyl (C=O) groups is 1. The van der Waals surface area contributed by atoms with Crippen LogP contribution in [0.2, 0.25) is 0 Å². The molecule has 0 aromatic carbocycles. The molecule has 0 aromatic rings. The summed E-state index contributed by atoms with van der Waals surface area (Å²) in [5.74, 6) is -1.05. The van der Waals surface area contributed by atoms with Crippen LogP contribution in [0.4, 0.5) is 4.79 Å². The van der Waals surface area contributed by atoms with Gasteiger partial charge in [0.1, 0.15) is 0 Å². The zero-order valence-electron chi connectivity index (χ0n) is 11.7. The van der Waals surface area contributed by atoms with Gasteiger partial charge < -0.3 is 14.6 Å². The Morgan fingerprint density at radius 3 is 2.24 bits per heavy atom. The second kappa shape index (κ2) is 6.84. The molecule has 0 unspecified atom stereocenters. The molecule has 0 amide bonds. The number of hydrogen-bond acceptors (Lipinski definition) is 3. The van der Waals surface area contributed by atoms with E-state index in [1.54, 1.807) is 13.8 Å². The van der Waals surface area contributed by atoms with Gasteiger partial charge in [0.25, 0.3) is 0 Å². The Morgan fingerprint density at radius 2 is 1.76 bits per heavy atom. The van der Waals surface area contributed by atoms with Gasteiger partial charge in [-0.1, -0.05) is 27.2 Å². The minimum atomic E-state index is -1.30. The first-order valence-electron chi connectivity index (χ1n) is 6.24. The molecule has 0 aromatic heterocycles. The fraction of sp³-hybridized carbons (Fsp3) is 0.923. The van der Waals surface area contributed by atoms with Crippen molar-refractivity contribution in [2.45, 2.75) is 66.1 Å². The van der Waals surface area contributed by atoms with Crippen molar-refractivity contribution in [2.75, 3.05) is 6.61 Å². The van der Waals surface area contributed by atoms with E-state index in [0.29, 0.717) is 12.0 Å². The van der Waals surface area contributed by atoms with Crippen molar-refractivity contribution in [2.24, 2.45) is 5.41 Å². The normalized spacial score (nSPS) is 12.5. The highest BCUT2D eigenvalue weighted by Crippen LogP contribution is 2.28. The average molecular weight is 246 g/mol. The Balaban J connectivity index is 3.80. The van der Waals surface area contributed by atoms with Crippen molar-refractivity contribution in [1.82, 2.24) is 0 Å². The molecule has 0 radical (unpaired) electrons. The minimum absolute atomic E-state index is 0.329. The van der Waals surface area contributed by atoms with E-state index in [2.05, 4.69) is 25.5 Å². The van der Waals surface area contributed by atoms with Crippen molar-refractivity contribution >= 4 is 6.16 Å². The molecule has 0 aliphatic rings. The summed E-state index contributed by atoms with van der Waals surface area (Å²) in [4.78, 5) is 10.4. The third-order valence-corrected chi connectivity index (χ3v) is 2.71. The van der Waals surface area contributed by atoms with E-state index in [4.69, 9.17) is 9.84 Å². The molecule has 102 valence electrons. The Bertz CT molecular complexity index is 234. The number of rotatable bonds is 8. The first-order valence-corrected chi connectivity index (χ1v) is 6.24.